The summed E-state index contributed by atoms with van der Waals surface area (Å²) >= 11 is 0. The number of Topliss-reactive ketones (excluding diaryl/α,β-unsaturated/α-hetero) is 2. The van der Waals surface area contributed by atoms with E-state index >= 15 is 0 Å². The first kappa shape index (κ1) is 16.3. The highest BCUT2D eigenvalue weighted by Crippen LogP contribution is 2.55. The van der Waals surface area contributed by atoms with Crippen LogP contribution >= 0.6 is 0 Å². The minimum absolute atomic E-state index is 0.00203. The molecule has 25 heavy (non-hydrogen) atoms. The minimum atomic E-state index is -0.886. The fraction of sp³-hybridized carbons (Fsp3) is 0.556. The van der Waals surface area contributed by atoms with Gasteiger partial charge in [0, 0.05) is 30.8 Å². The van der Waals surface area contributed by atoms with Crippen LogP contribution in [0.15, 0.2) is 22.5 Å². The van der Waals surface area contributed by atoms with Crippen LogP contribution in [0.1, 0.15) is 13.8 Å². The van der Waals surface area contributed by atoms with Crippen LogP contribution in [0.2, 0.25) is 0 Å². The Bertz CT molecular complexity index is 793. The molecule has 5 unspecified atom stereocenters. The zero-order valence-corrected chi connectivity index (χ0v) is 14.4. The minimum Gasteiger partial charge on any atom is -0.396 e. The molecule has 0 aromatic carbocycles. The number of nitrogens with one attached hydrogen (secondary N) is 2. The summed E-state index contributed by atoms with van der Waals surface area (Å²) in [6.45, 7) is 3.69. The van der Waals surface area contributed by atoms with Gasteiger partial charge >= 0.3 is 0 Å². The first-order valence-corrected chi connectivity index (χ1v) is 8.39. The number of aliphatic hydroxyl groups is 1. The van der Waals surface area contributed by atoms with Crippen molar-refractivity contribution in [1.82, 2.24) is 15.5 Å². The van der Waals surface area contributed by atoms with Gasteiger partial charge in [0.05, 0.1) is 36.0 Å². The number of carbonyl (C=O) groups excluding carboxylic acids is 2. The van der Waals surface area contributed by atoms with Gasteiger partial charge in [-0.2, -0.15) is 0 Å². The number of fused-ring (bicyclic) bond motifs is 4. The zero-order chi connectivity index (χ0) is 18.1. The monoisotopic (exact) mass is 343 g/mol. The summed E-state index contributed by atoms with van der Waals surface area (Å²) in [6, 6.07) is -0.165. The summed E-state index contributed by atoms with van der Waals surface area (Å²) in [5.74, 6) is 1.43. The standard InChI is InChI=1S/C18H21N3O4/c1-5-8(2)19-13-9(3)15(23)14-12(16(13)24)10(7-22)18(25-4)17-11(20-17)6-21(14)18/h1,8,10-11,17,19-20,22H,6-7H2,2-4H3. The predicted molar refractivity (Wildman–Crippen MR) is 88.9 cm³/mol. The van der Waals surface area contributed by atoms with Gasteiger partial charge in [-0.05, 0) is 13.8 Å². The van der Waals surface area contributed by atoms with Gasteiger partial charge in [-0.3, -0.25) is 9.59 Å². The second kappa shape index (κ2) is 5.18. The average molecular weight is 343 g/mol. The van der Waals surface area contributed by atoms with Gasteiger partial charge in [0.25, 0.3) is 0 Å². The summed E-state index contributed by atoms with van der Waals surface area (Å²) in [6.07, 6.45) is 5.40. The Labute approximate surface area is 146 Å². The Balaban J connectivity index is 1.81. The highest BCUT2D eigenvalue weighted by molar-refractivity contribution is 6.25. The van der Waals surface area contributed by atoms with E-state index in [1.165, 1.54) is 0 Å². The Morgan fingerprint density at radius 3 is 2.84 bits per heavy atom. The third-order valence-electron chi connectivity index (χ3n) is 5.83. The van der Waals surface area contributed by atoms with Crippen LogP contribution in [0, 0.1) is 18.3 Å². The van der Waals surface area contributed by atoms with Crippen LogP contribution in [0.25, 0.3) is 0 Å². The third kappa shape index (κ3) is 1.82. The van der Waals surface area contributed by atoms with Gasteiger partial charge < -0.3 is 25.4 Å². The number of aliphatic hydroxyl groups excluding tert-OH is 1. The molecular weight excluding hydrogens is 322 g/mol. The second-order valence-electron chi connectivity index (χ2n) is 7.01. The molecule has 5 atom stereocenters. The van der Waals surface area contributed by atoms with Crippen LogP contribution in [0.3, 0.4) is 0 Å². The van der Waals surface area contributed by atoms with E-state index in [0.29, 0.717) is 23.4 Å². The largest absolute Gasteiger partial charge is 0.396 e. The van der Waals surface area contributed by atoms with Crippen molar-refractivity contribution in [3.05, 3.63) is 22.5 Å². The maximum absolute atomic E-state index is 13.2. The molecule has 2 fully saturated rings. The van der Waals surface area contributed by atoms with Gasteiger partial charge in [-0.25, -0.2) is 0 Å². The lowest BCUT2D eigenvalue weighted by Crippen LogP contribution is -2.54. The van der Waals surface area contributed by atoms with E-state index in [9.17, 15) is 14.7 Å². The number of allylic oxidation sites excluding steroid dienone is 2. The fourth-order valence-electron chi connectivity index (χ4n) is 4.58. The van der Waals surface area contributed by atoms with Crippen LogP contribution in [0.4, 0.5) is 0 Å². The molecule has 2 saturated heterocycles. The number of piperazine rings is 1. The smallest absolute Gasteiger partial charge is 0.208 e. The number of methoxy groups -OCH3 is 1. The van der Waals surface area contributed by atoms with E-state index < -0.39 is 11.6 Å². The van der Waals surface area contributed by atoms with Crippen molar-refractivity contribution in [2.75, 3.05) is 20.3 Å². The summed E-state index contributed by atoms with van der Waals surface area (Å²) in [7, 11) is 1.56. The Kier molecular flexibility index (Phi) is 3.38. The topological polar surface area (TPSA) is 101 Å². The highest BCUT2D eigenvalue weighted by atomic mass is 16.5. The predicted octanol–water partition coefficient (Wildman–Crippen LogP) is -1.10. The molecule has 0 aromatic heterocycles. The molecule has 4 aliphatic rings. The van der Waals surface area contributed by atoms with Crippen molar-refractivity contribution in [2.24, 2.45) is 5.92 Å². The van der Waals surface area contributed by atoms with Crippen molar-refractivity contribution in [3.63, 3.8) is 0 Å². The van der Waals surface area contributed by atoms with Crippen LogP contribution in [0.5, 0.6) is 0 Å². The normalized spacial score (nSPS) is 36.9. The molecule has 4 rings (SSSR count). The van der Waals surface area contributed by atoms with Gasteiger partial charge in [0.1, 0.15) is 0 Å². The number of ketones is 2. The second-order valence-corrected chi connectivity index (χ2v) is 7.01. The quantitative estimate of drug-likeness (QED) is 0.338. The molecule has 0 amide bonds. The Morgan fingerprint density at radius 1 is 1.52 bits per heavy atom. The Hall–Kier alpha value is -2.14. The summed E-state index contributed by atoms with van der Waals surface area (Å²) < 4.78 is 5.83. The number of hydrogen-bond acceptors (Lipinski definition) is 7. The number of nitrogens with zero attached hydrogens (tertiary/aromatic N) is 1. The van der Waals surface area contributed by atoms with Crippen LogP contribution in [-0.2, 0) is 14.3 Å². The van der Waals surface area contributed by atoms with E-state index in [-0.39, 0.29) is 42.0 Å². The van der Waals surface area contributed by atoms with Crippen molar-refractivity contribution in [2.45, 2.75) is 37.7 Å². The Morgan fingerprint density at radius 2 is 2.24 bits per heavy atom. The molecule has 0 saturated carbocycles. The number of rotatable bonds is 4. The molecule has 7 heteroatoms. The number of carbonyl (C=O) groups is 2. The first-order valence-electron chi connectivity index (χ1n) is 8.39. The third-order valence-corrected chi connectivity index (χ3v) is 5.83. The fourth-order valence-corrected chi connectivity index (χ4v) is 4.58. The van der Waals surface area contributed by atoms with Gasteiger partial charge in [-0.1, -0.05) is 5.92 Å². The molecule has 3 heterocycles. The molecule has 3 N–H and O–H groups in total. The number of hydrogen-bond donors (Lipinski definition) is 3. The van der Waals surface area contributed by atoms with Crippen molar-refractivity contribution in [3.8, 4) is 12.3 Å². The molecule has 0 radical (unpaired) electrons. The SMILES string of the molecule is C#CC(C)NC1=C(C)C(=O)C2=C(C1=O)C(CO)C1(OC)C3NC3CN21. The summed E-state index contributed by atoms with van der Waals surface area (Å²) in [5, 5.41) is 16.3. The van der Waals surface area contributed by atoms with Gasteiger partial charge in [0.15, 0.2) is 5.72 Å². The lowest BCUT2D eigenvalue weighted by Gasteiger charge is -2.39. The van der Waals surface area contributed by atoms with Gasteiger partial charge in [-0.15, -0.1) is 6.42 Å². The molecule has 132 valence electrons. The van der Waals surface area contributed by atoms with Crippen molar-refractivity contribution >= 4 is 11.6 Å². The van der Waals surface area contributed by atoms with E-state index in [2.05, 4.69) is 16.6 Å². The van der Waals surface area contributed by atoms with E-state index in [4.69, 9.17) is 11.2 Å². The van der Waals surface area contributed by atoms with E-state index in [1.54, 1.807) is 21.0 Å². The lowest BCUT2D eigenvalue weighted by molar-refractivity contribution is -0.137. The molecule has 1 aliphatic carbocycles. The lowest BCUT2D eigenvalue weighted by atomic mass is 9.82. The molecule has 0 aromatic rings. The van der Waals surface area contributed by atoms with Crippen LogP contribution in [-0.4, -0.2) is 65.7 Å². The van der Waals surface area contributed by atoms with Gasteiger partial charge in [0.2, 0.25) is 11.6 Å². The zero-order valence-electron chi connectivity index (χ0n) is 14.4. The first-order chi connectivity index (χ1) is 11.9. The summed E-state index contributed by atoms with van der Waals surface area (Å²) in [4.78, 5) is 28.1. The molecular formula is C18H21N3O4. The van der Waals surface area contributed by atoms with Crippen LogP contribution < -0.4 is 10.6 Å². The maximum atomic E-state index is 13.2. The average Bonchev–Trinajstić information content (AvgIpc) is 3.22. The molecule has 0 bridgehead atoms. The highest BCUT2D eigenvalue weighted by Gasteiger charge is 2.72. The van der Waals surface area contributed by atoms with Crippen molar-refractivity contribution in [1.29, 1.82) is 0 Å². The molecule has 0 spiro atoms. The molecule has 3 aliphatic heterocycles. The summed E-state index contributed by atoms with van der Waals surface area (Å²) in [5.41, 5.74) is 0.390. The number of terminal acetylenes is 1. The van der Waals surface area contributed by atoms with E-state index in [0.717, 1.165) is 0 Å². The molecule has 7 nitrogen and oxygen atoms in total. The maximum Gasteiger partial charge on any atom is 0.208 e. The van der Waals surface area contributed by atoms with E-state index in [1.807, 2.05) is 4.90 Å². The number of ether oxygens (including phenoxy) is 1. The van der Waals surface area contributed by atoms with Crippen molar-refractivity contribution < 1.29 is 19.4 Å².